The predicted octanol–water partition coefficient (Wildman–Crippen LogP) is 0.527. The van der Waals surface area contributed by atoms with Crippen LogP contribution in [0.2, 0.25) is 0 Å². The first-order valence-electron chi connectivity index (χ1n) is 3.80. The maximum Gasteiger partial charge on any atom is 0.0714 e. The van der Waals surface area contributed by atoms with Crippen molar-refractivity contribution >= 4 is 0 Å². The highest BCUT2D eigenvalue weighted by atomic mass is 16.5. The van der Waals surface area contributed by atoms with E-state index in [2.05, 4.69) is 5.32 Å². The van der Waals surface area contributed by atoms with Gasteiger partial charge in [-0.05, 0) is 19.3 Å². The molecule has 0 aromatic carbocycles. The molecule has 52 valence electrons. The standard InChI is InChI=1S/C7H13NO/c1-2-6-4-7(5-8-6)9-3-1/h6-8H,1-5H2. The number of fused-ring (bicyclic) bond motifs is 2. The predicted molar refractivity (Wildman–Crippen MR) is 35.4 cm³/mol. The molecule has 0 aromatic heterocycles. The molecule has 0 aromatic rings. The molecule has 0 amide bonds. The summed E-state index contributed by atoms with van der Waals surface area (Å²) in [5.41, 5.74) is 0. The molecule has 0 aliphatic carbocycles. The maximum atomic E-state index is 5.53. The second-order valence-corrected chi connectivity index (χ2v) is 2.98. The summed E-state index contributed by atoms with van der Waals surface area (Å²) in [4.78, 5) is 0. The van der Waals surface area contributed by atoms with Gasteiger partial charge in [-0.1, -0.05) is 0 Å². The van der Waals surface area contributed by atoms with Crippen LogP contribution in [0.25, 0.3) is 0 Å². The first kappa shape index (κ1) is 5.69. The number of hydrogen-bond donors (Lipinski definition) is 1. The molecule has 2 aliphatic heterocycles. The van der Waals surface area contributed by atoms with Crippen LogP contribution >= 0.6 is 0 Å². The lowest BCUT2D eigenvalue weighted by Gasteiger charge is -2.09. The molecule has 2 unspecified atom stereocenters. The average molecular weight is 127 g/mol. The van der Waals surface area contributed by atoms with Crippen LogP contribution in [0, 0.1) is 0 Å². The van der Waals surface area contributed by atoms with Crippen LogP contribution in [0.1, 0.15) is 19.3 Å². The van der Waals surface area contributed by atoms with E-state index < -0.39 is 0 Å². The second-order valence-electron chi connectivity index (χ2n) is 2.98. The van der Waals surface area contributed by atoms with Crippen LogP contribution in [0.15, 0.2) is 0 Å². The van der Waals surface area contributed by atoms with Gasteiger partial charge in [-0.25, -0.2) is 0 Å². The highest BCUT2D eigenvalue weighted by Crippen LogP contribution is 2.18. The largest absolute Gasteiger partial charge is 0.377 e. The topological polar surface area (TPSA) is 21.3 Å². The summed E-state index contributed by atoms with van der Waals surface area (Å²) < 4.78 is 5.53. The summed E-state index contributed by atoms with van der Waals surface area (Å²) in [5, 5.41) is 3.43. The first-order chi connectivity index (χ1) is 4.45. The zero-order valence-electron chi connectivity index (χ0n) is 5.60. The Kier molecular flexibility index (Phi) is 1.44. The van der Waals surface area contributed by atoms with Crippen LogP contribution in [0.5, 0.6) is 0 Å². The highest BCUT2D eigenvalue weighted by molar-refractivity contribution is 4.83. The molecule has 0 spiro atoms. The summed E-state index contributed by atoms with van der Waals surface area (Å²) in [6.45, 7) is 2.08. The van der Waals surface area contributed by atoms with Crippen LogP contribution in [-0.4, -0.2) is 25.3 Å². The van der Waals surface area contributed by atoms with E-state index in [0.717, 1.165) is 19.2 Å². The van der Waals surface area contributed by atoms with Gasteiger partial charge in [0.1, 0.15) is 0 Å². The van der Waals surface area contributed by atoms with Gasteiger partial charge < -0.3 is 10.1 Å². The fourth-order valence-electron chi connectivity index (χ4n) is 1.71. The minimum absolute atomic E-state index is 0.539. The zero-order valence-corrected chi connectivity index (χ0v) is 5.60. The lowest BCUT2D eigenvalue weighted by atomic mass is 10.1. The Morgan fingerprint density at radius 1 is 1.44 bits per heavy atom. The van der Waals surface area contributed by atoms with E-state index in [9.17, 15) is 0 Å². The third-order valence-electron chi connectivity index (χ3n) is 2.23. The Hall–Kier alpha value is -0.0800. The van der Waals surface area contributed by atoms with Crippen molar-refractivity contribution in [2.45, 2.75) is 31.4 Å². The van der Waals surface area contributed by atoms with Crippen LogP contribution in [0.3, 0.4) is 0 Å². The Morgan fingerprint density at radius 2 is 2.44 bits per heavy atom. The quantitative estimate of drug-likeness (QED) is 0.512. The van der Waals surface area contributed by atoms with E-state index in [1.54, 1.807) is 0 Å². The molecule has 2 atom stereocenters. The molecule has 2 aliphatic rings. The third kappa shape index (κ3) is 1.10. The normalized spacial score (nSPS) is 42.7. The van der Waals surface area contributed by atoms with Gasteiger partial charge in [0.2, 0.25) is 0 Å². The summed E-state index contributed by atoms with van der Waals surface area (Å²) in [5.74, 6) is 0. The number of nitrogens with one attached hydrogen (secondary N) is 1. The van der Waals surface area contributed by atoms with E-state index >= 15 is 0 Å². The molecule has 0 saturated carbocycles. The highest BCUT2D eigenvalue weighted by Gasteiger charge is 2.26. The zero-order chi connectivity index (χ0) is 6.10. The maximum absolute atomic E-state index is 5.53. The van der Waals surface area contributed by atoms with Gasteiger partial charge in [-0.3, -0.25) is 0 Å². The second kappa shape index (κ2) is 2.27. The number of hydrogen-bond acceptors (Lipinski definition) is 2. The molecule has 2 nitrogen and oxygen atoms in total. The molecule has 2 heteroatoms. The van der Waals surface area contributed by atoms with E-state index in [4.69, 9.17) is 4.74 Å². The van der Waals surface area contributed by atoms with Gasteiger partial charge in [0.25, 0.3) is 0 Å². The van der Waals surface area contributed by atoms with Gasteiger partial charge in [0, 0.05) is 19.2 Å². The summed E-state index contributed by atoms with van der Waals surface area (Å²) in [6, 6.07) is 0.775. The molecule has 2 saturated heterocycles. The lowest BCUT2D eigenvalue weighted by molar-refractivity contribution is 0.0716. The van der Waals surface area contributed by atoms with Crippen molar-refractivity contribution in [3.63, 3.8) is 0 Å². The van der Waals surface area contributed by atoms with E-state index in [0.29, 0.717) is 6.10 Å². The van der Waals surface area contributed by atoms with Crippen LogP contribution in [-0.2, 0) is 4.74 Å². The van der Waals surface area contributed by atoms with Crippen molar-refractivity contribution in [3.8, 4) is 0 Å². The molecule has 1 N–H and O–H groups in total. The van der Waals surface area contributed by atoms with Crippen molar-refractivity contribution in [3.05, 3.63) is 0 Å². The van der Waals surface area contributed by atoms with E-state index in [1.807, 2.05) is 0 Å². The van der Waals surface area contributed by atoms with Crippen LogP contribution < -0.4 is 5.32 Å². The van der Waals surface area contributed by atoms with E-state index in [-0.39, 0.29) is 0 Å². The van der Waals surface area contributed by atoms with Crippen molar-refractivity contribution in [2.75, 3.05) is 13.2 Å². The summed E-state index contributed by atoms with van der Waals surface area (Å²) in [6.07, 6.45) is 4.35. The molecule has 2 bridgehead atoms. The monoisotopic (exact) mass is 127 g/mol. The summed E-state index contributed by atoms with van der Waals surface area (Å²) in [7, 11) is 0. The van der Waals surface area contributed by atoms with Crippen molar-refractivity contribution in [1.82, 2.24) is 5.32 Å². The Balaban J connectivity index is 1.99. The average Bonchev–Trinajstić information content (AvgIpc) is 2.09. The van der Waals surface area contributed by atoms with Crippen molar-refractivity contribution in [2.24, 2.45) is 0 Å². The Morgan fingerprint density at radius 3 is 3.44 bits per heavy atom. The molecule has 0 radical (unpaired) electrons. The minimum Gasteiger partial charge on any atom is -0.377 e. The number of rotatable bonds is 0. The van der Waals surface area contributed by atoms with Gasteiger partial charge in [0.15, 0.2) is 0 Å². The van der Waals surface area contributed by atoms with Gasteiger partial charge in [-0.2, -0.15) is 0 Å². The lowest BCUT2D eigenvalue weighted by Crippen LogP contribution is -2.24. The summed E-state index contributed by atoms with van der Waals surface area (Å²) >= 11 is 0. The van der Waals surface area contributed by atoms with Crippen molar-refractivity contribution in [1.29, 1.82) is 0 Å². The fourth-order valence-corrected chi connectivity index (χ4v) is 1.71. The number of ether oxygens (including phenoxy) is 1. The Labute approximate surface area is 55.6 Å². The Bertz CT molecular complexity index is 93.1. The molecule has 9 heavy (non-hydrogen) atoms. The molecular formula is C7H13NO. The third-order valence-corrected chi connectivity index (χ3v) is 2.23. The van der Waals surface area contributed by atoms with Crippen LogP contribution in [0.4, 0.5) is 0 Å². The van der Waals surface area contributed by atoms with Gasteiger partial charge in [0.05, 0.1) is 6.10 Å². The first-order valence-corrected chi connectivity index (χ1v) is 3.80. The minimum atomic E-state index is 0.539. The molecule has 2 rings (SSSR count). The smallest absolute Gasteiger partial charge is 0.0714 e. The van der Waals surface area contributed by atoms with E-state index in [1.165, 1.54) is 19.3 Å². The van der Waals surface area contributed by atoms with Gasteiger partial charge in [-0.15, -0.1) is 0 Å². The molecule has 2 fully saturated rings. The fraction of sp³-hybridized carbons (Fsp3) is 1.00. The van der Waals surface area contributed by atoms with Gasteiger partial charge >= 0.3 is 0 Å². The molecular weight excluding hydrogens is 114 g/mol. The molecule has 2 heterocycles. The SMILES string of the molecule is C1COC2CNC(C1)C2. The van der Waals surface area contributed by atoms with Crippen molar-refractivity contribution < 1.29 is 4.74 Å².